The van der Waals surface area contributed by atoms with Gasteiger partial charge in [-0.3, -0.25) is 10.00 Å². The maximum atomic E-state index is 5.87. The van der Waals surface area contributed by atoms with Crippen molar-refractivity contribution < 1.29 is 18.9 Å². The van der Waals surface area contributed by atoms with Crippen LogP contribution in [0.1, 0.15) is 22.5 Å². The minimum Gasteiger partial charge on any atom is -0.493 e. The molecule has 1 aromatic heterocycles. The van der Waals surface area contributed by atoms with E-state index in [4.69, 9.17) is 18.9 Å². The Kier molecular flexibility index (Phi) is 8.38. The lowest BCUT2D eigenvalue weighted by atomic mass is 10.1. The highest BCUT2D eigenvalue weighted by atomic mass is 16.5. The first-order valence-electron chi connectivity index (χ1n) is 11.4. The number of morpholine rings is 1. The second-order valence-electron chi connectivity index (χ2n) is 7.90. The highest BCUT2D eigenvalue weighted by Crippen LogP contribution is 2.28. The molecule has 7 heteroatoms. The Labute approximate surface area is 200 Å². The molecular formula is C27H31N3O4. The van der Waals surface area contributed by atoms with Gasteiger partial charge in [0.2, 0.25) is 0 Å². The fourth-order valence-corrected chi connectivity index (χ4v) is 3.64. The lowest BCUT2D eigenvalue weighted by Gasteiger charge is -2.26. The first-order chi connectivity index (χ1) is 16.7. The van der Waals surface area contributed by atoms with Gasteiger partial charge in [0.1, 0.15) is 12.4 Å². The third-order valence-corrected chi connectivity index (χ3v) is 5.59. The molecule has 7 nitrogen and oxygen atoms in total. The number of H-pyrrole nitrogens is 1. The summed E-state index contributed by atoms with van der Waals surface area (Å²) in [4.78, 5) is 2.36. The molecular weight excluding hydrogens is 430 g/mol. The van der Waals surface area contributed by atoms with Gasteiger partial charge in [-0.15, -0.1) is 0 Å². The van der Waals surface area contributed by atoms with Gasteiger partial charge in [-0.25, -0.2) is 0 Å². The minimum absolute atomic E-state index is 0.683. The van der Waals surface area contributed by atoms with Gasteiger partial charge in [-0.1, -0.05) is 30.4 Å². The summed E-state index contributed by atoms with van der Waals surface area (Å²) in [6.45, 7) is 5.19. The molecule has 2 heterocycles. The first kappa shape index (κ1) is 23.6. The molecule has 4 rings (SSSR count). The molecule has 0 radical (unpaired) electrons. The van der Waals surface area contributed by atoms with E-state index in [0.717, 1.165) is 61.1 Å². The predicted octanol–water partition coefficient (Wildman–Crippen LogP) is 4.48. The Balaban J connectivity index is 1.28. The molecule has 3 aromatic rings. The first-order valence-corrected chi connectivity index (χ1v) is 11.4. The van der Waals surface area contributed by atoms with Gasteiger partial charge in [0.15, 0.2) is 11.5 Å². The van der Waals surface area contributed by atoms with Crippen molar-refractivity contribution in [1.82, 2.24) is 15.1 Å². The van der Waals surface area contributed by atoms with Crippen LogP contribution >= 0.6 is 0 Å². The van der Waals surface area contributed by atoms with Crippen LogP contribution in [-0.4, -0.2) is 68.8 Å². The van der Waals surface area contributed by atoms with E-state index >= 15 is 0 Å². The van der Waals surface area contributed by atoms with Gasteiger partial charge in [0, 0.05) is 19.6 Å². The standard InChI is InChI=1S/C27H31N3O4/c1-31-26-12-7-22(19-27(26)32-2)4-9-24-20-23(28-29-24)8-3-21-5-10-25(11-6-21)34-18-15-30-13-16-33-17-14-30/h3-12,19-20H,13-18H2,1-2H3,(H,28,29). The smallest absolute Gasteiger partial charge is 0.161 e. The topological polar surface area (TPSA) is 68.8 Å². The predicted molar refractivity (Wildman–Crippen MR) is 135 cm³/mol. The van der Waals surface area contributed by atoms with Crippen LogP contribution in [0.3, 0.4) is 0 Å². The van der Waals surface area contributed by atoms with E-state index < -0.39 is 0 Å². The fourth-order valence-electron chi connectivity index (χ4n) is 3.64. The molecule has 1 fully saturated rings. The molecule has 34 heavy (non-hydrogen) atoms. The normalized spacial score (nSPS) is 14.6. The van der Waals surface area contributed by atoms with Crippen molar-refractivity contribution in [2.75, 3.05) is 53.7 Å². The largest absolute Gasteiger partial charge is 0.493 e. The molecule has 2 aromatic carbocycles. The van der Waals surface area contributed by atoms with Crippen molar-refractivity contribution in [3.05, 3.63) is 71.0 Å². The molecule has 1 aliphatic heterocycles. The summed E-state index contributed by atoms with van der Waals surface area (Å²) in [5, 5.41) is 7.41. The second kappa shape index (κ2) is 12.1. The number of aromatic nitrogens is 2. The van der Waals surface area contributed by atoms with Crippen molar-refractivity contribution in [3.63, 3.8) is 0 Å². The van der Waals surface area contributed by atoms with E-state index in [-0.39, 0.29) is 0 Å². The Bertz CT molecular complexity index is 1100. The van der Waals surface area contributed by atoms with E-state index in [1.54, 1.807) is 14.2 Å². The van der Waals surface area contributed by atoms with E-state index in [1.807, 2.05) is 72.8 Å². The summed E-state index contributed by atoms with van der Waals surface area (Å²) >= 11 is 0. The summed E-state index contributed by atoms with van der Waals surface area (Å²) in [7, 11) is 3.26. The molecule has 0 atom stereocenters. The summed E-state index contributed by atoms with van der Waals surface area (Å²) in [5.74, 6) is 2.29. The van der Waals surface area contributed by atoms with Crippen molar-refractivity contribution >= 4 is 24.3 Å². The van der Waals surface area contributed by atoms with Crippen molar-refractivity contribution in [2.24, 2.45) is 0 Å². The molecule has 0 unspecified atom stereocenters. The highest BCUT2D eigenvalue weighted by Gasteiger charge is 2.09. The van der Waals surface area contributed by atoms with Gasteiger partial charge in [-0.05, 0) is 53.6 Å². The number of methoxy groups -OCH3 is 2. The number of hydrogen-bond donors (Lipinski definition) is 1. The second-order valence-corrected chi connectivity index (χ2v) is 7.90. The quantitative estimate of drug-likeness (QED) is 0.480. The van der Waals surface area contributed by atoms with Gasteiger partial charge in [-0.2, -0.15) is 5.10 Å². The molecule has 1 N–H and O–H groups in total. The Morgan fingerprint density at radius 2 is 1.62 bits per heavy atom. The third kappa shape index (κ3) is 6.73. The van der Waals surface area contributed by atoms with E-state index in [1.165, 1.54) is 0 Å². The zero-order valence-corrected chi connectivity index (χ0v) is 19.7. The monoisotopic (exact) mass is 461 g/mol. The van der Waals surface area contributed by atoms with Crippen molar-refractivity contribution in [1.29, 1.82) is 0 Å². The molecule has 0 amide bonds. The highest BCUT2D eigenvalue weighted by molar-refractivity contribution is 5.72. The zero-order valence-electron chi connectivity index (χ0n) is 19.7. The maximum Gasteiger partial charge on any atom is 0.161 e. The van der Waals surface area contributed by atoms with Crippen LogP contribution in [0, 0.1) is 0 Å². The van der Waals surface area contributed by atoms with E-state index in [0.29, 0.717) is 18.1 Å². The SMILES string of the molecule is COc1ccc(C=Cc2cc(C=Cc3ccc(OCCN4CCOCC4)cc3)n[nH]2)cc1OC. The van der Waals surface area contributed by atoms with Crippen LogP contribution in [0.15, 0.2) is 48.5 Å². The summed E-state index contributed by atoms with van der Waals surface area (Å²) in [6.07, 6.45) is 8.00. The number of nitrogens with one attached hydrogen (secondary N) is 1. The van der Waals surface area contributed by atoms with Crippen LogP contribution in [0.5, 0.6) is 17.2 Å². The third-order valence-electron chi connectivity index (χ3n) is 5.59. The Morgan fingerprint density at radius 3 is 2.38 bits per heavy atom. The number of nitrogens with zero attached hydrogens (tertiary/aromatic N) is 2. The Morgan fingerprint density at radius 1 is 0.882 bits per heavy atom. The lowest BCUT2D eigenvalue weighted by Crippen LogP contribution is -2.38. The number of benzene rings is 2. The van der Waals surface area contributed by atoms with Crippen LogP contribution in [0.2, 0.25) is 0 Å². The summed E-state index contributed by atoms with van der Waals surface area (Å²) in [5.41, 5.74) is 3.87. The summed E-state index contributed by atoms with van der Waals surface area (Å²) in [6, 6.07) is 15.9. The van der Waals surface area contributed by atoms with E-state index in [9.17, 15) is 0 Å². The van der Waals surface area contributed by atoms with Gasteiger partial charge in [0.25, 0.3) is 0 Å². The van der Waals surface area contributed by atoms with Crippen molar-refractivity contribution in [2.45, 2.75) is 0 Å². The van der Waals surface area contributed by atoms with Crippen LogP contribution < -0.4 is 14.2 Å². The molecule has 0 aliphatic carbocycles. The molecule has 0 bridgehead atoms. The number of aromatic amines is 1. The van der Waals surface area contributed by atoms with Crippen LogP contribution in [0.25, 0.3) is 24.3 Å². The number of hydrogen-bond acceptors (Lipinski definition) is 6. The van der Waals surface area contributed by atoms with Crippen molar-refractivity contribution in [3.8, 4) is 17.2 Å². The van der Waals surface area contributed by atoms with Gasteiger partial charge in [0.05, 0.1) is 38.8 Å². The summed E-state index contributed by atoms with van der Waals surface area (Å²) < 4.78 is 21.9. The number of rotatable bonds is 10. The van der Waals surface area contributed by atoms with Crippen LogP contribution in [-0.2, 0) is 4.74 Å². The molecule has 0 spiro atoms. The van der Waals surface area contributed by atoms with Gasteiger partial charge >= 0.3 is 0 Å². The van der Waals surface area contributed by atoms with Crippen LogP contribution in [0.4, 0.5) is 0 Å². The fraction of sp³-hybridized carbons (Fsp3) is 0.296. The minimum atomic E-state index is 0.683. The lowest BCUT2D eigenvalue weighted by molar-refractivity contribution is 0.0322. The molecule has 1 saturated heterocycles. The average molecular weight is 462 g/mol. The maximum absolute atomic E-state index is 5.87. The molecule has 0 saturated carbocycles. The zero-order chi connectivity index (χ0) is 23.6. The van der Waals surface area contributed by atoms with Gasteiger partial charge < -0.3 is 18.9 Å². The molecule has 178 valence electrons. The Hall–Kier alpha value is -3.55. The van der Waals surface area contributed by atoms with E-state index in [2.05, 4.69) is 15.1 Å². The average Bonchev–Trinajstić information content (AvgIpc) is 3.35. The molecule has 1 aliphatic rings. The number of ether oxygens (including phenoxy) is 4.